The fraction of sp³-hybridized carbons (Fsp3) is 0.158. The van der Waals surface area contributed by atoms with Gasteiger partial charge in [0.1, 0.15) is 11.6 Å². The molecule has 0 saturated heterocycles. The molecule has 0 spiro atoms. The minimum absolute atomic E-state index is 0.0357. The molecule has 2 heterocycles. The van der Waals surface area contributed by atoms with E-state index in [9.17, 15) is 9.18 Å². The summed E-state index contributed by atoms with van der Waals surface area (Å²) in [6, 6.07) is 10.5. The Balaban J connectivity index is 1.80. The average molecular weight is 381 g/mol. The third-order valence-electron chi connectivity index (χ3n) is 3.69. The van der Waals surface area contributed by atoms with Crippen LogP contribution in [-0.2, 0) is 0 Å². The summed E-state index contributed by atoms with van der Waals surface area (Å²) in [5, 5.41) is 10.9. The molecule has 144 valence electrons. The molecule has 0 aliphatic heterocycles. The van der Waals surface area contributed by atoms with Gasteiger partial charge in [0.05, 0.1) is 6.20 Å². The lowest BCUT2D eigenvalue weighted by molar-refractivity contribution is 0.254. The second-order valence-electron chi connectivity index (χ2n) is 6.13. The molecule has 3 aromatic rings. The number of benzene rings is 1. The molecule has 8 nitrogen and oxygen atoms in total. The van der Waals surface area contributed by atoms with Gasteiger partial charge in [0, 0.05) is 12.7 Å². The average Bonchev–Trinajstić information content (AvgIpc) is 2.64. The fourth-order valence-electron chi connectivity index (χ4n) is 2.57. The number of nitrogens with zero attached hydrogens (tertiary/aromatic N) is 3. The minimum atomic E-state index is -0.627. The first-order valence-corrected chi connectivity index (χ1v) is 8.53. The van der Waals surface area contributed by atoms with E-state index >= 15 is 0 Å². The number of pyridine rings is 1. The Morgan fingerprint density at radius 2 is 1.71 bits per heavy atom. The first-order chi connectivity index (χ1) is 13.4. The van der Waals surface area contributed by atoms with Gasteiger partial charge in [-0.05, 0) is 49.2 Å². The molecule has 4 N–H and O–H groups in total. The number of rotatable bonds is 5. The number of amides is 2. The number of anilines is 5. The van der Waals surface area contributed by atoms with Crippen molar-refractivity contribution in [2.45, 2.75) is 13.8 Å². The summed E-state index contributed by atoms with van der Waals surface area (Å²) in [4.78, 5) is 23.8. The van der Waals surface area contributed by atoms with Gasteiger partial charge in [-0.25, -0.2) is 19.2 Å². The van der Waals surface area contributed by atoms with Gasteiger partial charge in [0.2, 0.25) is 5.95 Å². The highest BCUT2D eigenvalue weighted by molar-refractivity contribution is 5.88. The maximum absolute atomic E-state index is 14.2. The molecule has 0 aliphatic rings. The lowest BCUT2D eigenvalue weighted by Gasteiger charge is -2.11. The summed E-state index contributed by atoms with van der Waals surface area (Å²) in [7, 11) is 1.50. The van der Waals surface area contributed by atoms with Crippen LogP contribution in [0.5, 0.6) is 0 Å². The number of halogens is 1. The van der Waals surface area contributed by atoms with Gasteiger partial charge in [0.25, 0.3) is 0 Å². The zero-order valence-corrected chi connectivity index (χ0v) is 15.7. The van der Waals surface area contributed by atoms with E-state index in [0.717, 1.165) is 23.0 Å². The zero-order valence-electron chi connectivity index (χ0n) is 15.7. The van der Waals surface area contributed by atoms with Gasteiger partial charge in [-0.2, -0.15) is 4.98 Å². The number of hydrogen-bond donors (Lipinski definition) is 4. The van der Waals surface area contributed by atoms with Crippen LogP contribution in [0, 0.1) is 19.7 Å². The molecular weight excluding hydrogens is 361 g/mol. The number of hydrogen-bond acceptors (Lipinski definition) is 6. The van der Waals surface area contributed by atoms with Gasteiger partial charge in [-0.1, -0.05) is 12.1 Å². The second kappa shape index (κ2) is 8.30. The summed E-state index contributed by atoms with van der Waals surface area (Å²) in [5.41, 5.74) is 2.99. The van der Waals surface area contributed by atoms with Crippen LogP contribution in [0.2, 0.25) is 0 Å². The van der Waals surface area contributed by atoms with Gasteiger partial charge < -0.3 is 16.0 Å². The van der Waals surface area contributed by atoms with E-state index in [-0.39, 0.29) is 11.8 Å². The third-order valence-corrected chi connectivity index (χ3v) is 3.69. The number of carbonyl (C=O) groups is 1. The highest BCUT2D eigenvalue weighted by Crippen LogP contribution is 2.21. The number of urea groups is 1. The number of carbonyl (C=O) groups excluding carboxylic acids is 1. The molecular formula is C19H20FN7O. The van der Waals surface area contributed by atoms with Gasteiger partial charge in [-0.3, -0.25) is 5.32 Å². The topological polar surface area (TPSA) is 104 Å². The van der Waals surface area contributed by atoms with Crippen molar-refractivity contribution in [2.24, 2.45) is 0 Å². The van der Waals surface area contributed by atoms with E-state index in [4.69, 9.17) is 0 Å². The van der Waals surface area contributed by atoms with Crippen LogP contribution in [0.15, 0.2) is 42.6 Å². The number of aromatic nitrogens is 3. The van der Waals surface area contributed by atoms with Crippen molar-refractivity contribution in [1.82, 2.24) is 20.3 Å². The Morgan fingerprint density at radius 1 is 1.00 bits per heavy atom. The maximum Gasteiger partial charge on any atom is 0.320 e. The van der Waals surface area contributed by atoms with Gasteiger partial charge in [-0.15, -0.1) is 0 Å². The highest BCUT2D eigenvalue weighted by Gasteiger charge is 2.10. The van der Waals surface area contributed by atoms with Crippen molar-refractivity contribution in [3.05, 3.63) is 59.5 Å². The first-order valence-electron chi connectivity index (χ1n) is 8.53. The Labute approximate surface area is 161 Å². The molecule has 2 amide bonds. The van der Waals surface area contributed by atoms with E-state index in [0.29, 0.717) is 11.6 Å². The summed E-state index contributed by atoms with van der Waals surface area (Å²) in [6.07, 6.45) is 1.08. The Morgan fingerprint density at radius 3 is 2.43 bits per heavy atom. The lowest BCUT2D eigenvalue weighted by atomic mass is 10.1. The van der Waals surface area contributed by atoms with Crippen LogP contribution >= 0.6 is 0 Å². The molecule has 0 bridgehead atoms. The number of nitrogens with one attached hydrogen (secondary N) is 4. The Hall–Kier alpha value is -3.75. The van der Waals surface area contributed by atoms with E-state index < -0.39 is 11.8 Å². The largest absolute Gasteiger partial charge is 0.341 e. The standard InChI is InChI=1S/C19H20FN7O/c1-11-7-12(2)9-13(8-11)23-18-22-10-14(20)17(27-18)25-15-5-4-6-16(24-15)26-19(28)21-3/h4-10H,1-3H3,(H4,21,22,23,24,25,26,27,28). The van der Waals surface area contributed by atoms with E-state index in [1.165, 1.54) is 7.05 Å². The Bertz CT molecular complexity index is 989. The maximum atomic E-state index is 14.2. The summed E-state index contributed by atoms with van der Waals surface area (Å²) in [5.74, 6) is 0.216. The molecule has 1 aromatic carbocycles. The summed E-state index contributed by atoms with van der Waals surface area (Å²) >= 11 is 0. The van der Waals surface area contributed by atoms with Gasteiger partial charge in [0.15, 0.2) is 11.6 Å². The van der Waals surface area contributed by atoms with Crippen molar-refractivity contribution in [2.75, 3.05) is 23.0 Å². The molecule has 2 aromatic heterocycles. The predicted molar refractivity (Wildman–Crippen MR) is 107 cm³/mol. The monoisotopic (exact) mass is 381 g/mol. The van der Waals surface area contributed by atoms with E-state index in [2.05, 4.69) is 42.3 Å². The van der Waals surface area contributed by atoms with Crippen LogP contribution in [0.25, 0.3) is 0 Å². The molecule has 0 fully saturated rings. The molecule has 3 rings (SSSR count). The van der Waals surface area contributed by atoms with Crippen molar-refractivity contribution in [3.8, 4) is 0 Å². The Kier molecular flexibility index (Phi) is 5.64. The minimum Gasteiger partial charge on any atom is -0.341 e. The zero-order chi connectivity index (χ0) is 20.1. The molecule has 0 radical (unpaired) electrons. The van der Waals surface area contributed by atoms with Crippen LogP contribution in [0.3, 0.4) is 0 Å². The van der Waals surface area contributed by atoms with Crippen molar-refractivity contribution >= 4 is 35.1 Å². The van der Waals surface area contributed by atoms with Crippen molar-refractivity contribution < 1.29 is 9.18 Å². The molecule has 0 aliphatic carbocycles. The highest BCUT2D eigenvalue weighted by atomic mass is 19.1. The normalized spacial score (nSPS) is 10.3. The summed E-state index contributed by atoms with van der Waals surface area (Å²) in [6.45, 7) is 3.98. The van der Waals surface area contributed by atoms with E-state index in [1.54, 1.807) is 18.2 Å². The third kappa shape index (κ3) is 4.91. The predicted octanol–water partition coefficient (Wildman–Crippen LogP) is 3.87. The van der Waals surface area contributed by atoms with E-state index in [1.807, 2.05) is 26.0 Å². The molecule has 28 heavy (non-hydrogen) atoms. The fourth-order valence-corrected chi connectivity index (χ4v) is 2.57. The molecule has 0 saturated carbocycles. The quantitative estimate of drug-likeness (QED) is 0.535. The molecule has 9 heteroatoms. The SMILES string of the molecule is CNC(=O)Nc1cccc(Nc2nc(Nc3cc(C)cc(C)c3)ncc2F)n1. The van der Waals surface area contributed by atoms with Crippen LogP contribution in [0.4, 0.5) is 38.3 Å². The lowest BCUT2D eigenvalue weighted by Crippen LogP contribution is -2.25. The molecule has 0 unspecified atom stereocenters. The van der Waals surface area contributed by atoms with Crippen molar-refractivity contribution in [1.29, 1.82) is 0 Å². The second-order valence-corrected chi connectivity index (χ2v) is 6.13. The van der Waals surface area contributed by atoms with Crippen LogP contribution in [0.1, 0.15) is 11.1 Å². The first kappa shape index (κ1) is 19.0. The van der Waals surface area contributed by atoms with Crippen LogP contribution in [-0.4, -0.2) is 28.0 Å². The smallest absolute Gasteiger partial charge is 0.320 e. The summed E-state index contributed by atoms with van der Waals surface area (Å²) < 4.78 is 14.2. The van der Waals surface area contributed by atoms with Crippen LogP contribution < -0.4 is 21.3 Å². The molecule has 0 atom stereocenters. The van der Waals surface area contributed by atoms with Gasteiger partial charge >= 0.3 is 6.03 Å². The van der Waals surface area contributed by atoms with Crippen molar-refractivity contribution in [3.63, 3.8) is 0 Å². The number of aryl methyl sites for hydroxylation is 2.